The maximum Gasteiger partial charge on any atom is 0.162 e. The molecule has 0 amide bonds. The van der Waals surface area contributed by atoms with Gasteiger partial charge in [-0.3, -0.25) is 11.3 Å². The third-order valence-electron chi connectivity index (χ3n) is 3.55. The fourth-order valence-corrected chi connectivity index (χ4v) is 2.45. The van der Waals surface area contributed by atoms with Crippen molar-refractivity contribution in [1.29, 1.82) is 0 Å². The highest BCUT2D eigenvalue weighted by Crippen LogP contribution is 2.22. The highest BCUT2D eigenvalue weighted by atomic mass is 19.2. The summed E-state index contributed by atoms with van der Waals surface area (Å²) in [5.74, 6) is 3.96. The first-order valence-electron chi connectivity index (χ1n) is 7.13. The van der Waals surface area contributed by atoms with E-state index < -0.39 is 11.6 Å². The molecular formula is C17H20F2N2. The van der Waals surface area contributed by atoms with E-state index in [2.05, 4.69) is 24.5 Å². The molecule has 2 nitrogen and oxygen atoms in total. The van der Waals surface area contributed by atoms with Crippen molar-refractivity contribution in [3.8, 4) is 0 Å². The molecule has 1 unspecified atom stereocenters. The van der Waals surface area contributed by atoms with Crippen LogP contribution in [0, 0.1) is 11.6 Å². The molecule has 3 N–H and O–H groups in total. The Morgan fingerprint density at radius 1 is 1.14 bits per heavy atom. The average molecular weight is 290 g/mol. The van der Waals surface area contributed by atoms with Crippen LogP contribution in [-0.2, 0) is 12.8 Å². The molecule has 0 aliphatic rings. The summed E-state index contributed by atoms with van der Waals surface area (Å²) in [4.78, 5) is 0. The summed E-state index contributed by atoms with van der Waals surface area (Å²) < 4.78 is 27.0. The van der Waals surface area contributed by atoms with Gasteiger partial charge in [-0.2, -0.15) is 0 Å². The van der Waals surface area contributed by atoms with E-state index in [1.165, 1.54) is 11.6 Å². The molecule has 2 rings (SSSR count). The van der Waals surface area contributed by atoms with E-state index in [0.717, 1.165) is 24.5 Å². The van der Waals surface area contributed by atoms with Crippen LogP contribution in [-0.4, -0.2) is 0 Å². The minimum atomic E-state index is -0.831. The van der Waals surface area contributed by atoms with Crippen LogP contribution >= 0.6 is 0 Å². The van der Waals surface area contributed by atoms with Crippen molar-refractivity contribution < 1.29 is 8.78 Å². The Balaban J connectivity index is 2.23. The summed E-state index contributed by atoms with van der Waals surface area (Å²) in [6.07, 6.45) is 2.35. The van der Waals surface area contributed by atoms with Gasteiger partial charge in [0.05, 0.1) is 6.04 Å². The van der Waals surface area contributed by atoms with Gasteiger partial charge in [-0.15, -0.1) is 0 Å². The lowest BCUT2D eigenvalue weighted by Crippen LogP contribution is -2.30. The molecule has 0 heterocycles. The number of hydrogen-bond acceptors (Lipinski definition) is 2. The Hall–Kier alpha value is -1.78. The van der Waals surface area contributed by atoms with Gasteiger partial charge in [-0.25, -0.2) is 8.78 Å². The highest BCUT2D eigenvalue weighted by Gasteiger charge is 2.15. The standard InChI is InChI=1S/C17H20F2N2/c1-2-5-12-6-3-7-13(10-12)16(21-20)11-14-8-4-9-15(18)17(14)19/h3-4,6-10,16,21H,2,5,11,20H2,1H3. The van der Waals surface area contributed by atoms with E-state index in [-0.39, 0.29) is 6.04 Å². The molecule has 0 fully saturated rings. The van der Waals surface area contributed by atoms with Crippen molar-refractivity contribution in [1.82, 2.24) is 5.43 Å². The SMILES string of the molecule is CCCc1cccc(C(Cc2cccc(F)c2F)NN)c1. The monoisotopic (exact) mass is 290 g/mol. The summed E-state index contributed by atoms with van der Waals surface area (Å²) in [5.41, 5.74) is 5.21. The molecule has 0 aliphatic heterocycles. The number of aryl methyl sites for hydroxylation is 1. The first-order valence-corrected chi connectivity index (χ1v) is 7.13. The Morgan fingerprint density at radius 3 is 2.62 bits per heavy atom. The van der Waals surface area contributed by atoms with Crippen molar-refractivity contribution in [2.75, 3.05) is 0 Å². The van der Waals surface area contributed by atoms with Crippen molar-refractivity contribution in [2.24, 2.45) is 5.84 Å². The predicted octanol–water partition coefficient (Wildman–Crippen LogP) is 3.66. The largest absolute Gasteiger partial charge is 0.271 e. The minimum absolute atomic E-state index is 0.252. The van der Waals surface area contributed by atoms with E-state index in [9.17, 15) is 8.78 Å². The normalized spacial score (nSPS) is 12.4. The predicted molar refractivity (Wildman–Crippen MR) is 80.6 cm³/mol. The number of hydrazine groups is 1. The molecule has 0 radical (unpaired) electrons. The second-order valence-corrected chi connectivity index (χ2v) is 5.13. The summed E-state index contributed by atoms with van der Waals surface area (Å²) in [6.45, 7) is 2.12. The molecular weight excluding hydrogens is 270 g/mol. The zero-order chi connectivity index (χ0) is 15.2. The van der Waals surface area contributed by atoms with Gasteiger partial charge in [0.25, 0.3) is 0 Å². The fourth-order valence-electron chi connectivity index (χ4n) is 2.45. The second kappa shape index (κ2) is 7.29. The van der Waals surface area contributed by atoms with Crippen molar-refractivity contribution >= 4 is 0 Å². The Kier molecular flexibility index (Phi) is 5.42. The minimum Gasteiger partial charge on any atom is -0.271 e. The molecule has 0 spiro atoms. The topological polar surface area (TPSA) is 38.0 Å². The number of nitrogens with one attached hydrogen (secondary N) is 1. The number of halogens is 2. The lowest BCUT2D eigenvalue weighted by Gasteiger charge is -2.18. The zero-order valence-electron chi connectivity index (χ0n) is 12.1. The van der Waals surface area contributed by atoms with Gasteiger partial charge < -0.3 is 0 Å². The van der Waals surface area contributed by atoms with Gasteiger partial charge in [0.15, 0.2) is 11.6 Å². The second-order valence-electron chi connectivity index (χ2n) is 5.13. The summed E-state index contributed by atoms with van der Waals surface area (Å²) in [6, 6.07) is 12.0. The van der Waals surface area contributed by atoms with Gasteiger partial charge in [0.1, 0.15) is 0 Å². The average Bonchev–Trinajstić information content (AvgIpc) is 2.49. The van der Waals surface area contributed by atoms with E-state index in [0.29, 0.717) is 12.0 Å². The third-order valence-corrected chi connectivity index (χ3v) is 3.55. The zero-order valence-corrected chi connectivity index (χ0v) is 12.1. The molecule has 1 atom stereocenters. The molecule has 2 aromatic carbocycles. The van der Waals surface area contributed by atoms with Crippen LogP contribution in [0.5, 0.6) is 0 Å². The Bertz CT molecular complexity index is 599. The van der Waals surface area contributed by atoms with Crippen molar-refractivity contribution in [2.45, 2.75) is 32.2 Å². The van der Waals surface area contributed by atoms with Gasteiger partial charge >= 0.3 is 0 Å². The van der Waals surface area contributed by atoms with Crippen LogP contribution in [0.1, 0.15) is 36.1 Å². The van der Waals surface area contributed by atoms with Crippen molar-refractivity contribution in [3.05, 3.63) is 70.8 Å². The third kappa shape index (κ3) is 3.86. The molecule has 2 aromatic rings. The summed E-state index contributed by atoms with van der Waals surface area (Å²) in [7, 11) is 0. The maximum absolute atomic E-state index is 13.8. The fraction of sp³-hybridized carbons (Fsp3) is 0.294. The molecule has 21 heavy (non-hydrogen) atoms. The number of benzene rings is 2. The Morgan fingerprint density at radius 2 is 1.90 bits per heavy atom. The van der Waals surface area contributed by atoms with E-state index in [4.69, 9.17) is 5.84 Å². The first-order chi connectivity index (χ1) is 10.2. The van der Waals surface area contributed by atoms with E-state index in [1.54, 1.807) is 6.07 Å². The molecule has 0 aromatic heterocycles. The van der Waals surface area contributed by atoms with Crippen LogP contribution in [0.25, 0.3) is 0 Å². The summed E-state index contributed by atoms with van der Waals surface area (Å²) in [5, 5.41) is 0. The molecule has 0 saturated carbocycles. The number of nitrogens with two attached hydrogens (primary N) is 1. The van der Waals surface area contributed by atoms with Crippen LogP contribution in [0.15, 0.2) is 42.5 Å². The van der Waals surface area contributed by atoms with Crippen molar-refractivity contribution in [3.63, 3.8) is 0 Å². The van der Waals surface area contributed by atoms with Crippen LogP contribution in [0.4, 0.5) is 8.78 Å². The van der Waals surface area contributed by atoms with Crippen LogP contribution < -0.4 is 11.3 Å². The van der Waals surface area contributed by atoms with Crippen LogP contribution in [0.2, 0.25) is 0 Å². The molecule has 4 heteroatoms. The van der Waals surface area contributed by atoms with Crippen LogP contribution in [0.3, 0.4) is 0 Å². The highest BCUT2D eigenvalue weighted by molar-refractivity contribution is 5.29. The molecule has 0 bridgehead atoms. The van der Waals surface area contributed by atoms with Gasteiger partial charge in [-0.05, 0) is 35.6 Å². The molecule has 0 saturated heterocycles. The van der Waals surface area contributed by atoms with Gasteiger partial charge in [-0.1, -0.05) is 49.7 Å². The lowest BCUT2D eigenvalue weighted by molar-refractivity contribution is 0.481. The maximum atomic E-state index is 13.8. The van der Waals surface area contributed by atoms with E-state index in [1.807, 2.05) is 12.1 Å². The first kappa shape index (κ1) is 15.6. The summed E-state index contributed by atoms with van der Waals surface area (Å²) >= 11 is 0. The Labute approximate surface area is 124 Å². The van der Waals surface area contributed by atoms with Gasteiger partial charge in [0.2, 0.25) is 0 Å². The lowest BCUT2D eigenvalue weighted by atomic mass is 9.96. The van der Waals surface area contributed by atoms with E-state index >= 15 is 0 Å². The molecule has 0 aliphatic carbocycles. The quantitative estimate of drug-likeness (QED) is 0.629. The van der Waals surface area contributed by atoms with Gasteiger partial charge in [0, 0.05) is 0 Å². The molecule has 112 valence electrons. The smallest absolute Gasteiger partial charge is 0.162 e. The number of hydrogen-bond donors (Lipinski definition) is 2. The number of rotatable bonds is 6.